The standard InChI is InChI=1S/C17H24N2O2/c1-5-11(2)12(3)19-13(4)16(20)18-15(17(19)21)14-9-7-6-8-10-14/h6-13,15H,5H2,1-4H3,(H,18,20). The molecule has 0 bridgehead atoms. The quantitative estimate of drug-likeness (QED) is 0.925. The van der Waals surface area contributed by atoms with Crippen LogP contribution in [0.25, 0.3) is 0 Å². The van der Waals surface area contributed by atoms with Crippen LogP contribution in [0.3, 0.4) is 0 Å². The van der Waals surface area contributed by atoms with Crippen LogP contribution < -0.4 is 5.32 Å². The van der Waals surface area contributed by atoms with Crippen molar-refractivity contribution in [2.24, 2.45) is 5.92 Å². The van der Waals surface area contributed by atoms with Crippen LogP contribution >= 0.6 is 0 Å². The molecule has 0 aromatic heterocycles. The number of carbonyl (C=O) groups is 2. The minimum atomic E-state index is -0.568. The zero-order chi connectivity index (χ0) is 15.6. The SMILES string of the molecule is CCC(C)C(C)N1C(=O)C(c2ccccc2)NC(=O)C1C. The van der Waals surface area contributed by atoms with Crippen molar-refractivity contribution in [1.29, 1.82) is 0 Å². The summed E-state index contributed by atoms with van der Waals surface area (Å²) in [4.78, 5) is 26.9. The van der Waals surface area contributed by atoms with E-state index in [1.54, 1.807) is 11.8 Å². The lowest BCUT2D eigenvalue weighted by molar-refractivity contribution is -0.152. The highest BCUT2D eigenvalue weighted by atomic mass is 16.2. The first-order valence-corrected chi connectivity index (χ1v) is 7.64. The van der Waals surface area contributed by atoms with E-state index in [9.17, 15) is 9.59 Å². The van der Waals surface area contributed by atoms with E-state index in [2.05, 4.69) is 19.2 Å². The van der Waals surface area contributed by atoms with Crippen molar-refractivity contribution >= 4 is 11.8 Å². The molecule has 1 fully saturated rings. The molecule has 1 heterocycles. The van der Waals surface area contributed by atoms with E-state index in [0.717, 1.165) is 12.0 Å². The van der Waals surface area contributed by atoms with Gasteiger partial charge in [-0.15, -0.1) is 0 Å². The molecule has 1 saturated heterocycles. The van der Waals surface area contributed by atoms with Crippen molar-refractivity contribution in [1.82, 2.24) is 10.2 Å². The van der Waals surface area contributed by atoms with Crippen molar-refractivity contribution in [3.05, 3.63) is 35.9 Å². The summed E-state index contributed by atoms with van der Waals surface area (Å²) in [6.45, 7) is 8.06. The van der Waals surface area contributed by atoms with Crippen molar-refractivity contribution in [3.63, 3.8) is 0 Å². The van der Waals surface area contributed by atoms with Gasteiger partial charge in [-0.25, -0.2) is 0 Å². The van der Waals surface area contributed by atoms with Gasteiger partial charge in [0.05, 0.1) is 0 Å². The molecule has 1 aromatic rings. The van der Waals surface area contributed by atoms with Crippen molar-refractivity contribution in [2.75, 3.05) is 0 Å². The Morgan fingerprint density at radius 1 is 1.19 bits per heavy atom. The lowest BCUT2D eigenvalue weighted by Gasteiger charge is -2.43. The Hall–Kier alpha value is -1.84. The minimum Gasteiger partial charge on any atom is -0.339 e. The number of carbonyl (C=O) groups excluding carboxylic acids is 2. The number of hydrogen-bond donors (Lipinski definition) is 1. The lowest BCUT2D eigenvalue weighted by atomic mass is 9.93. The predicted octanol–water partition coefficient (Wildman–Crippen LogP) is 2.51. The first-order chi connectivity index (χ1) is 9.97. The maximum absolute atomic E-state index is 12.9. The first-order valence-electron chi connectivity index (χ1n) is 7.64. The van der Waals surface area contributed by atoms with Crippen LogP contribution in [-0.4, -0.2) is 28.8 Å². The van der Waals surface area contributed by atoms with E-state index in [4.69, 9.17) is 0 Å². The Bertz CT molecular complexity index is 515. The van der Waals surface area contributed by atoms with Gasteiger partial charge in [0.15, 0.2) is 0 Å². The highest BCUT2D eigenvalue weighted by molar-refractivity contribution is 5.97. The summed E-state index contributed by atoms with van der Waals surface area (Å²) in [5, 5.41) is 2.84. The maximum Gasteiger partial charge on any atom is 0.250 e. The molecule has 4 unspecified atom stereocenters. The average Bonchev–Trinajstić information content (AvgIpc) is 2.51. The number of nitrogens with zero attached hydrogens (tertiary/aromatic N) is 1. The number of rotatable bonds is 4. The fourth-order valence-corrected chi connectivity index (χ4v) is 2.83. The monoisotopic (exact) mass is 288 g/mol. The van der Waals surface area contributed by atoms with Crippen molar-refractivity contribution < 1.29 is 9.59 Å². The molecule has 2 rings (SSSR count). The van der Waals surface area contributed by atoms with Crippen LogP contribution in [0, 0.1) is 5.92 Å². The lowest BCUT2D eigenvalue weighted by Crippen LogP contribution is -2.61. The van der Waals surface area contributed by atoms with Gasteiger partial charge in [0.1, 0.15) is 12.1 Å². The van der Waals surface area contributed by atoms with Gasteiger partial charge in [-0.2, -0.15) is 0 Å². The van der Waals surface area contributed by atoms with E-state index in [0.29, 0.717) is 5.92 Å². The minimum absolute atomic E-state index is 0.0129. The van der Waals surface area contributed by atoms with E-state index < -0.39 is 12.1 Å². The van der Waals surface area contributed by atoms with Gasteiger partial charge >= 0.3 is 0 Å². The molecule has 4 nitrogen and oxygen atoms in total. The normalized spacial score (nSPS) is 25.4. The molecule has 0 radical (unpaired) electrons. The fraction of sp³-hybridized carbons (Fsp3) is 0.529. The van der Waals surface area contributed by atoms with Crippen LogP contribution in [-0.2, 0) is 9.59 Å². The Kier molecular flexibility index (Phi) is 4.66. The number of benzene rings is 1. The third-order valence-corrected chi connectivity index (χ3v) is 4.62. The van der Waals surface area contributed by atoms with E-state index in [-0.39, 0.29) is 17.9 Å². The summed E-state index contributed by atoms with van der Waals surface area (Å²) in [6.07, 6.45) is 0.981. The van der Waals surface area contributed by atoms with Gasteiger partial charge in [-0.3, -0.25) is 9.59 Å². The highest BCUT2D eigenvalue weighted by Gasteiger charge is 2.41. The molecule has 114 valence electrons. The second kappa shape index (κ2) is 6.29. The number of hydrogen-bond acceptors (Lipinski definition) is 2. The van der Waals surface area contributed by atoms with Crippen molar-refractivity contribution in [3.8, 4) is 0 Å². The molecular formula is C17H24N2O2. The molecule has 2 amide bonds. The fourth-order valence-electron chi connectivity index (χ4n) is 2.83. The maximum atomic E-state index is 12.9. The van der Waals surface area contributed by atoms with E-state index >= 15 is 0 Å². The molecule has 0 spiro atoms. The summed E-state index contributed by atoms with van der Waals surface area (Å²) in [5.41, 5.74) is 0.837. The number of amides is 2. The average molecular weight is 288 g/mol. The molecule has 4 atom stereocenters. The molecule has 4 heteroatoms. The molecule has 0 saturated carbocycles. The third-order valence-electron chi connectivity index (χ3n) is 4.62. The summed E-state index contributed by atoms with van der Waals surface area (Å²) in [5.74, 6) is 0.262. The second-order valence-corrected chi connectivity index (χ2v) is 5.90. The summed E-state index contributed by atoms with van der Waals surface area (Å²) in [6, 6.07) is 8.50. The van der Waals surface area contributed by atoms with E-state index in [1.807, 2.05) is 37.3 Å². The Balaban J connectivity index is 2.32. The summed E-state index contributed by atoms with van der Waals surface area (Å²) in [7, 11) is 0. The van der Waals surface area contributed by atoms with Crippen LogP contribution in [0.4, 0.5) is 0 Å². The molecule has 1 aromatic carbocycles. The van der Waals surface area contributed by atoms with Crippen LogP contribution in [0.1, 0.15) is 45.7 Å². The molecule has 21 heavy (non-hydrogen) atoms. The second-order valence-electron chi connectivity index (χ2n) is 5.90. The van der Waals surface area contributed by atoms with Gasteiger partial charge < -0.3 is 10.2 Å². The van der Waals surface area contributed by atoms with Gasteiger partial charge in [0, 0.05) is 6.04 Å². The largest absolute Gasteiger partial charge is 0.339 e. The zero-order valence-corrected chi connectivity index (χ0v) is 13.2. The molecule has 1 N–H and O–H groups in total. The smallest absolute Gasteiger partial charge is 0.250 e. The van der Waals surface area contributed by atoms with Crippen molar-refractivity contribution in [2.45, 2.75) is 52.2 Å². The van der Waals surface area contributed by atoms with Gasteiger partial charge in [-0.05, 0) is 25.3 Å². The van der Waals surface area contributed by atoms with Crippen LogP contribution in [0.5, 0.6) is 0 Å². The molecular weight excluding hydrogens is 264 g/mol. The zero-order valence-electron chi connectivity index (χ0n) is 13.2. The van der Waals surface area contributed by atoms with Crippen LogP contribution in [0.2, 0.25) is 0 Å². The molecule has 1 aliphatic heterocycles. The Morgan fingerprint density at radius 2 is 1.81 bits per heavy atom. The molecule has 0 aliphatic carbocycles. The van der Waals surface area contributed by atoms with E-state index in [1.165, 1.54) is 0 Å². The topological polar surface area (TPSA) is 49.4 Å². The predicted molar refractivity (Wildman–Crippen MR) is 82.6 cm³/mol. The molecule has 1 aliphatic rings. The summed E-state index contributed by atoms with van der Waals surface area (Å²) >= 11 is 0. The first kappa shape index (κ1) is 15.5. The Labute approximate surface area is 126 Å². The summed E-state index contributed by atoms with van der Waals surface area (Å²) < 4.78 is 0. The van der Waals surface area contributed by atoms with Gasteiger partial charge in [0.25, 0.3) is 5.91 Å². The highest BCUT2D eigenvalue weighted by Crippen LogP contribution is 2.26. The van der Waals surface area contributed by atoms with Crippen LogP contribution in [0.15, 0.2) is 30.3 Å². The number of nitrogens with one attached hydrogen (secondary N) is 1. The number of piperazine rings is 1. The van der Waals surface area contributed by atoms with Gasteiger partial charge in [-0.1, -0.05) is 50.6 Å². The van der Waals surface area contributed by atoms with Gasteiger partial charge in [0.2, 0.25) is 5.91 Å². The Morgan fingerprint density at radius 3 is 2.38 bits per heavy atom. The third kappa shape index (κ3) is 2.94.